The predicted molar refractivity (Wildman–Crippen MR) is 104 cm³/mol. The Morgan fingerprint density at radius 1 is 1.37 bits per heavy atom. The van der Waals surface area contributed by atoms with Crippen LogP contribution < -0.4 is 0 Å². The first-order chi connectivity index (χ1) is 12.2. The number of carbonyl (C=O) groups excluding carboxylic acids is 2. The molecule has 5 nitrogen and oxygen atoms in total. The van der Waals surface area contributed by atoms with Crippen LogP contribution >= 0.6 is 0 Å². The third kappa shape index (κ3) is 3.86. The van der Waals surface area contributed by atoms with E-state index >= 15 is 0 Å². The second kappa shape index (κ2) is 7.00. The van der Waals surface area contributed by atoms with Gasteiger partial charge in [-0.2, -0.15) is 0 Å². The molecule has 5 heteroatoms. The SMILES string of the molecule is C=C[C@](C)(O)C(C[C@@H]1[C@@]2(C)CCCC(C)(C)[C@@H]2CC(=O)[C@@]1(C)O)OC(C)=O. The highest BCUT2D eigenvalue weighted by Gasteiger charge is 2.62. The van der Waals surface area contributed by atoms with Gasteiger partial charge in [-0.15, -0.1) is 6.58 Å². The number of carbonyl (C=O) groups is 2. The Labute approximate surface area is 163 Å². The van der Waals surface area contributed by atoms with Crippen LogP contribution in [0.3, 0.4) is 0 Å². The molecular weight excluding hydrogens is 344 g/mol. The van der Waals surface area contributed by atoms with Crippen molar-refractivity contribution in [3.63, 3.8) is 0 Å². The van der Waals surface area contributed by atoms with Crippen LogP contribution in [0.2, 0.25) is 0 Å². The van der Waals surface area contributed by atoms with Gasteiger partial charge in [-0.3, -0.25) is 9.59 Å². The fourth-order valence-corrected chi connectivity index (χ4v) is 5.77. The fourth-order valence-electron chi connectivity index (χ4n) is 5.77. The number of Topliss-reactive ketones (excluding diaryl/α,β-unsaturated/α-hetero) is 1. The van der Waals surface area contributed by atoms with E-state index in [0.29, 0.717) is 6.42 Å². The number of ketones is 1. The first-order valence-corrected chi connectivity index (χ1v) is 9.97. The number of hydrogen-bond acceptors (Lipinski definition) is 5. The zero-order valence-electron chi connectivity index (χ0n) is 17.7. The third-order valence-electron chi connectivity index (χ3n) is 7.53. The molecule has 2 fully saturated rings. The molecule has 0 spiro atoms. The van der Waals surface area contributed by atoms with E-state index in [1.807, 2.05) is 0 Å². The molecular formula is C22H36O5. The Kier molecular flexibility index (Phi) is 5.73. The molecule has 2 aliphatic carbocycles. The minimum Gasteiger partial charge on any atom is -0.459 e. The van der Waals surface area contributed by atoms with Gasteiger partial charge in [0.25, 0.3) is 0 Å². The van der Waals surface area contributed by atoms with Crippen molar-refractivity contribution in [2.24, 2.45) is 22.7 Å². The van der Waals surface area contributed by atoms with Crippen LogP contribution in [0.5, 0.6) is 0 Å². The molecule has 2 N–H and O–H groups in total. The molecule has 27 heavy (non-hydrogen) atoms. The van der Waals surface area contributed by atoms with Gasteiger partial charge in [0.15, 0.2) is 5.78 Å². The van der Waals surface area contributed by atoms with Gasteiger partial charge in [0.05, 0.1) is 0 Å². The van der Waals surface area contributed by atoms with Crippen molar-refractivity contribution in [2.75, 3.05) is 0 Å². The normalized spacial score (nSPS) is 39.0. The van der Waals surface area contributed by atoms with E-state index < -0.39 is 29.2 Å². The Morgan fingerprint density at radius 3 is 2.48 bits per heavy atom. The summed E-state index contributed by atoms with van der Waals surface area (Å²) in [5.74, 6) is -0.950. The lowest BCUT2D eigenvalue weighted by Crippen LogP contribution is -2.63. The van der Waals surface area contributed by atoms with Crippen molar-refractivity contribution < 1.29 is 24.5 Å². The number of rotatable bonds is 5. The van der Waals surface area contributed by atoms with Gasteiger partial charge < -0.3 is 14.9 Å². The largest absolute Gasteiger partial charge is 0.459 e. The first kappa shape index (κ1) is 22.1. The smallest absolute Gasteiger partial charge is 0.303 e. The maximum atomic E-state index is 12.9. The maximum Gasteiger partial charge on any atom is 0.303 e. The summed E-state index contributed by atoms with van der Waals surface area (Å²) < 4.78 is 5.43. The van der Waals surface area contributed by atoms with Gasteiger partial charge in [0, 0.05) is 19.3 Å². The minimum atomic E-state index is -1.52. The lowest BCUT2D eigenvalue weighted by atomic mass is 9.44. The molecule has 6 atom stereocenters. The second-order valence-electron chi connectivity index (χ2n) is 9.99. The van der Waals surface area contributed by atoms with Gasteiger partial charge in [0.1, 0.15) is 17.3 Å². The van der Waals surface area contributed by atoms with Crippen LogP contribution in [0.15, 0.2) is 12.7 Å². The van der Waals surface area contributed by atoms with E-state index in [0.717, 1.165) is 19.3 Å². The van der Waals surface area contributed by atoms with E-state index in [1.54, 1.807) is 6.92 Å². The van der Waals surface area contributed by atoms with Crippen LogP contribution in [-0.2, 0) is 14.3 Å². The molecule has 0 aromatic rings. The van der Waals surface area contributed by atoms with Crippen LogP contribution in [0.25, 0.3) is 0 Å². The molecule has 0 aromatic heterocycles. The van der Waals surface area contributed by atoms with E-state index in [2.05, 4.69) is 27.4 Å². The number of aliphatic hydroxyl groups is 2. The monoisotopic (exact) mass is 380 g/mol. The summed E-state index contributed by atoms with van der Waals surface area (Å²) in [5.41, 5.74) is -3.25. The molecule has 0 aromatic carbocycles. The average Bonchev–Trinajstić information content (AvgIpc) is 2.52. The minimum absolute atomic E-state index is 0.00467. The summed E-state index contributed by atoms with van der Waals surface area (Å²) in [7, 11) is 0. The average molecular weight is 381 g/mol. The van der Waals surface area contributed by atoms with Crippen LogP contribution in [0.4, 0.5) is 0 Å². The van der Waals surface area contributed by atoms with E-state index in [1.165, 1.54) is 19.9 Å². The van der Waals surface area contributed by atoms with Crippen molar-refractivity contribution in [1.82, 2.24) is 0 Å². The van der Waals surface area contributed by atoms with Crippen molar-refractivity contribution in [3.05, 3.63) is 12.7 Å². The van der Waals surface area contributed by atoms with Gasteiger partial charge in [-0.25, -0.2) is 0 Å². The predicted octanol–water partition coefficient (Wildman–Crippen LogP) is 3.42. The summed E-state index contributed by atoms with van der Waals surface area (Å²) in [6.45, 7) is 14.6. The molecule has 2 aliphatic rings. The summed E-state index contributed by atoms with van der Waals surface area (Å²) in [6.07, 6.45) is 4.02. The Balaban J connectivity index is 2.49. The zero-order valence-corrected chi connectivity index (χ0v) is 17.7. The van der Waals surface area contributed by atoms with Crippen molar-refractivity contribution in [2.45, 2.75) is 91.0 Å². The highest BCUT2D eigenvalue weighted by molar-refractivity contribution is 5.88. The molecule has 0 aliphatic heterocycles. The number of fused-ring (bicyclic) bond motifs is 1. The Bertz CT molecular complexity index is 618. The molecule has 0 bridgehead atoms. The van der Waals surface area contributed by atoms with Crippen molar-refractivity contribution >= 4 is 11.8 Å². The summed E-state index contributed by atoms with van der Waals surface area (Å²) in [6, 6.07) is 0. The van der Waals surface area contributed by atoms with Crippen molar-refractivity contribution in [1.29, 1.82) is 0 Å². The van der Waals surface area contributed by atoms with Gasteiger partial charge in [0.2, 0.25) is 0 Å². The van der Waals surface area contributed by atoms with E-state index in [4.69, 9.17) is 4.74 Å². The number of esters is 1. The summed E-state index contributed by atoms with van der Waals surface area (Å²) >= 11 is 0. The number of hydrogen-bond donors (Lipinski definition) is 2. The maximum absolute atomic E-state index is 12.9. The topological polar surface area (TPSA) is 83.8 Å². The third-order valence-corrected chi connectivity index (χ3v) is 7.53. The lowest BCUT2D eigenvalue weighted by Gasteiger charge is -2.61. The second-order valence-corrected chi connectivity index (χ2v) is 9.99. The molecule has 0 amide bonds. The van der Waals surface area contributed by atoms with Crippen LogP contribution in [-0.4, -0.2) is 39.3 Å². The highest BCUT2D eigenvalue weighted by atomic mass is 16.6. The fraction of sp³-hybridized carbons (Fsp3) is 0.818. The van der Waals surface area contributed by atoms with E-state index in [9.17, 15) is 19.8 Å². The molecule has 0 saturated heterocycles. The standard InChI is InChI=1S/C22H36O5/c1-8-21(6,25)18(27-14(2)23)13-16-20(5)11-9-10-19(3,4)15(20)12-17(24)22(16,7)26/h8,15-16,18,25-26H,1,9-13H2,2-7H3/t15-,16+,18?,20-,21-,22-/m0/s1. The quantitative estimate of drug-likeness (QED) is 0.564. The zero-order chi connectivity index (χ0) is 20.8. The Morgan fingerprint density at radius 2 is 1.96 bits per heavy atom. The highest BCUT2D eigenvalue weighted by Crippen LogP contribution is 2.62. The van der Waals surface area contributed by atoms with Crippen LogP contribution in [0.1, 0.15) is 73.6 Å². The summed E-state index contributed by atoms with van der Waals surface area (Å²) in [4.78, 5) is 24.5. The summed E-state index contributed by atoms with van der Waals surface area (Å²) in [5, 5.41) is 21.9. The van der Waals surface area contributed by atoms with E-state index in [-0.39, 0.29) is 29.0 Å². The number of ether oxygens (including phenoxy) is 1. The molecule has 0 radical (unpaired) electrons. The van der Waals surface area contributed by atoms with Crippen LogP contribution in [0, 0.1) is 22.7 Å². The molecule has 2 saturated carbocycles. The molecule has 1 unspecified atom stereocenters. The Hall–Kier alpha value is -1.20. The lowest BCUT2D eigenvalue weighted by molar-refractivity contribution is -0.195. The first-order valence-electron chi connectivity index (χ1n) is 9.97. The van der Waals surface area contributed by atoms with Crippen molar-refractivity contribution in [3.8, 4) is 0 Å². The van der Waals surface area contributed by atoms with Gasteiger partial charge >= 0.3 is 5.97 Å². The molecule has 154 valence electrons. The molecule has 0 heterocycles. The van der Waals surface area contributed by atoms with Gasteiger partial charge in [-0.05, 0) is 49.9 Å². The van der Waals surface area contributed by atoms with Gasteiger partial charge in [-0.1, -0.05) is 33.3 Å². The molecule has 2 rings (SSSR count).